The summed E-state index contributed by atoms with van der Waals surface area (Å²) in [5.74, 6) is 0.700. The molecule has 0 radical (unpaired) electrons. The Kier molecular flexibility index (Phi) is 3.78. The highest BCUT2D eigenvalue weighted by molar-refractivity contribution is 7.15. The van der Waals surface area contributed by atoms with Crippen LogP contribution < -0.4 is 10.6 Å². The average molecular weight is 280 g/mol. The summed E-state index contributed by atoms with van der Waals surface area (Å²) >= 11 is 1.79. The Morgan fingerprint density at radius 1 is 1.42 bits per heavy atom. The van der Waals surface area contributed by atoms with E-state index in [-0.39, 0.29) is 0 Å². The standard InChI is InChI=1S/C14H24N4S/c1-17-7-3-4-11(17)9-18(2)14-16-13(10-5-6-10)12(8-15)19-14/h10-11H,3-9,15H2,1-2H3. The van der Waals surface area contributed by atoms with Crippen LogP contribution in [0.25, 0.3) is 0 Å². The molecule has 0 spiro atoms. The molecule has 5 heteroatoms. The molecule has 1 aromatic rings. The molecular weight excluding hydrogens is 256 g/mol. The number of rotatable bonds is 5. The Labute approximate surface area is 119 Å². The number of anilines is 1. The van der Waals surface area contributed by atoms with Crippen molar-refractivity contribution in [1.82, 2.24) is 9.88 Å². The lowest BCUT2D eigenvalue weighted by atomic mass is 10.2. The second-order valence-corrected chi connectivity index (χ2v) is 7.00. The van der Waals surface area contributed by atoms with E-state index in [1.54, 1.807) is 11.3 Å². The summed E-state index contributed by atoms with van der Waals surface area (Å²) in [7, 11) is 4.40. The normalized spacial score (nSPS) is 24.1. The number of likely N-dealkylation sites (N-methyl/N-ethyl adjacent to an activating group) is 2. The van der Waals surface area contributed by atoms with E-state index in [1.807, 2.05) is 0 Å². The molecule has 1 saturated heterocycles. The fourth-order valence-electron chi connectivity index (χ4n) is 2.94. The maximum atomic E-state index is 5.86. The van der Waals surface area contributed by atoms with E-state index in [1.165, 1.54) is 42.8 Å². The molecule has 4 nitrogen and oxygen atoms in total. The molecule has 106 valence electrons. The molecule has 2 heterocycles. The Balaban J connectivity index is 1.70. The second-order valence-electron chi connectivity index (χ2n) is 5.94. The highest BCUT2D eigenvalue weighted by Gasteiger charge is 2.30. The summed E-state index contributed by atoms with van der Waals surface area (Å²) in [4.78, 5) is 10.9. The predicted octanol–water partition coefficient (Wildman–Crippen LogP) is 2.01. The summed E-state index contributed by atoms with van der Waals surface area (Å²) in [6.45, 7) is 2.95. The van der Waals surface area contributed by atoms with Crippen molar-refractivity contribution in [3.63, 3.8) is 0 Å². The highest BCUT2D eigenvalue weighted by atomic mass is 32.1. The van der Waals surface area contributed by atoms with Crippen molar-refractivity contribution in [3.8, 4) is 0 Å². The lowest BCUT2D eigenvalue weighted by Crippen LogP contribution is -2.36. The fourth-order valence-corrected chi connectivity index (χ4v) is 3.94. The van der Waals surface area contributed by atoms with E-state index in [0.29, 0.717) is 18.5 Å². The molecule has 0 amide bonds. The first-order valence-corrected chi connectivity index (χ1v) is 8.11. The maximum absolute atomic E-state index is 5.86. The first-order chi connectivity index (χ1) is 9.19. The minimum absolute atomic E-state index is 0.640. The van der Waals surface area contributed by atoms with Crippen LogP contribution in [0.2, 0.25) is 0 Å². The van der Waals surface area contributed by atoms with Crippen molar-refractivity contribution in [2.24, 2.45) is 5.73 Å². The van der Waals surface area contributed by atoms with Crippen molar-refractivity contribution in [2.45, 2.75) is 44.2 Å². The Hall–Kier alpha value is -0.650. The van der Waals surface area contributed by atoms with Crippen LogP contribution in [0.3, 0.4) is 0 Å². The molecule has 1 unspecified atom stereocenters. The van der Waals surface area contributed by atoms with Crippen molar-refractivity contribution in [3.05, 3.63) is 10.6 Å². The number of hydrogen-bond acceptors (Lipinski definition) is 5. The van der Waals surface area contributed by atoms with Gasteiger partial charge in [-0.15, -0.1) is 11.3 Å². The number of nitrogens with zero attached hydrogens (tertiary/aromatic N) is 3. The van der Waals surface area contributed by atoms with Crippen LogP contribution in [0.1, 0.15) is 42.2 Å². The molecule has 1 aromatic heterocycles. The smallest absolute Gasteiger partial charge is 0.185 e. The van der Waals surface area contributed by atoms with Gasteiger partial charge in [0.15, 0.2) is 5.13 Å². The van der Waals surface area contributed by atoms with Gasteiger partial charge >= 0.3 is 0 Å². The zero-order valence-electron chi connectivity index (χ0n) is 11.9. The molecule has 3 rings (SSSR count). The van der Waals surface area contributed by atoms with Gasteiger partial charge in [0.25, 0.3) is 0 Å². The van der Waals surface area contributed by atoms with E-state index in [0.717, 1.165) is 11.7 Å². The third-order valence-corrected chi connectivity index (χ3v) is 5.56. The van der Waals surface area contributed by atoms with E-state index in [2.05, 4.69) is 23.9 Å². The molecule has 2 fully saturated rings. The maximum Gasteiger partial charge on any atom is 0.185 e. The van der Waals surface area contributed by atoms with Gasteiger partial charge in [-0.3, -0.25) is 0 Å². The third kappa shape index (κ3) is 2.78. The molecule has 2 aliphatic rings. The van der Waals surface area contributed by atoms with Crippen LogP contribution in [-0.2, 0) is 6.54 Å². The zero-order valence-corrected chi connectivity index (χ0v) is 12.7. The van der Waals surface area contributed by atoms with Gasteiger partial charge in [-0.1, -0.05) is 0 Å². The quantitative estimate of drug-likeness (QED) is 0.896. The van der Waals surface area contributed by atoms with E-state index < -0.39 is 0 Å². The topological polar surface area (TPSA) is 45.4 Å². The van der Waals surface area contributed by atoms with Crippen LogP contribution in [0.15, 0.2) is 0 Å². The van der Waals surface area contributed by atoms with Gasteiger partial charge in [-0.25, -0.2) is 4.98 Å². The summed E-state index contributed by atoms with van der Waals surface area (Å²) in [5, 5.41) is 1.16. The molecular formula is C14H24N4S. The highest BCUT2D eigenvalue weighted by Crippen LogP contribution is 2.44. The van der Waals surface area contributed by atoms with Crippen LogP contribution in [-0.4, -0.2) is 43.1 Å². The van der Waals surface area contributed by atoms with Gasteiger partial charge in [-0.05, 0) is 39.3 Å². The minimum Gasteiger partial charge on any atom is -0.350 e. The Bertz CT molecular complexity index is 441. The number of aromatic nitrogens is 1. The van der Waals surface area contributed by atoms with Crippen LogP contribution in [0.4, 0.5) is 5.13 Å². The molecule has 1 atom stereocenters. The van der Waals surface area contributed by atoms with Gasteiger partial charge < -0.3 is 15.5 Å². The van der Waals surface area contributed by atoms with Crippen molar-refractivity contribution >= 4 is 16.5 Å². The molecule has 1 saturated carbocycles. The van der Waals surface area contributed by atoms with Crippen molar-refractivity contribution in [1.29, 1.82) is 0 Å². The van der Waals surface area contributed by atoms with Crippen LogP contribution in [0.5, 0.6) is 0 Å². The van der Waals surface area contributed by atoms with E-state index in [4.69, 9.17) is 10.7 Å². The fraction of sp³-hybridized carbons (Fsp3) is 0.786. The van der Waals surface area contributed by atoms with Gasteiger partial charge in [0, 0.05) is 37.0 Å². The number of thiazole rings is 1. The van der Waals surface area contributed by atoms with Gasteiger partial charge in [-0.2, -0.15) is 0 Å². The predicted molar refractivity (Wildman–Crippen MR) is 80.9 cm³/mol. The lowest BCUT2D eigenvalue weighted by Gasteiger charge is -2.25. The number of nitrogens with two attached hydrogens (primary N) is 1. The van der Waals surface area contributed by atoms with E-state index in [9.17, 15) is 0 Å². The number of likely N-dealkylation sites (tertiary alicyclic amines) is 1. The van der Waals surface area contributed by atoms with E-state index >= 15 is 0 Å². The van der Waals surface area contributed by atoms with Crippen LogP contribution >= 0.6 is 11.3 Å². The Morgan fingerprint density at radius 3 is 2.79 bits per heavy atom. The summed E-state index contributed by atoms with van der Waals surface area (Å²) < 4.78 is 0. The first kappa shape index (κ1) is 13.3. The van der Waals surface area contributed by atoms with Crippen LogP contribution in [0, 0.1) is 0 Å². The first-order valence-electron chi connectivity index (χ1n) is 7.30. The lowest BCUT2D eigenvalue weighted by molar-refractivity contribution is 0.314. The largest absolute Gasteiger partial charge is 0.350 e. The summed E-state index contributed by atoms with van der Waals surface area (Å²) in [6, 6.07) is 0.680. The van der Waals surface area contributed by atoms with Crippen molar-refractivity contribution < 1.29 is 0 Å². The minimum atomic E-state index is 0.640. The molecule has 19 heavy (non-hydrogen) atoms. The zero-order chi connectivity index (χ0) is 13.4. The van der Waals surface area contributed by atoms with Gasteiger partial charge in [0.2, 0.25) is 0 Å². The van der Waals surface area contributed by atoms with Crippen molar-refractivity contribution in [2.75, 3.05) is 32.1 Å². The van der Waals surface area contributed by atoms with Gasteiger partial charge in [0.1, 0.15) is 0 Å². The molecule has 1 aliphatic heterocycles. The van der Waals surface area contributed by atoms with Gasteiger partial charge in [0.05, 0.1) is 5.69 Å². The summed E-state index contributed by atoms with van der Waals surface area (Å²) in [6.07, 6.45) is 5.23. The average Bonchev–Trinajstić information content (AvgIpc) is 3.03. The third-order valence-electron chi connectivity index (χ3n) is 4.35. The second kappa shape index (κ2) is 5.38. The Morgan fingerprint density at radius 2 is 2.21 bits per heavy atom. The summed E-state index contributed by atoms with van der Waals surface area (Å²) in [5.41, 5.74) is 7.15. The monoisotopic (exact) mass is 280 g/mol. The molecule has 0 bridgehead atoms. The molecule has 1 aliphatic carbocycles. The SMILES string of the molecule is CN(CC1CCCN1C)c1nc(C2CC2)c(CN)s1. The molecule has 2 N–H and O–H groups in total. The molecule has 0 aromatic carbocycles. The number of hydrogen-bond donors (Lipinski definition) is 1.